The molecule has 3 heteroatoms. The van der Waals surface area contributed by atoms with Gasteiger partial charge < -0.3 is 9.47 Å². The molecule has 0 aromatic rings. The zero-order chi connectivity index (χ0) is 14.0. The molecule has 0 spiro atoms. The Hall–Kier alpha value is -0.570. The fourth-order valence-electron chi connectivity index (χ4n) is 3.31. The van der Waals surface area contributed by atoms with E-state index in [4.69, 9.17) is 9.47 Å². The highest BCUT2D eigenvalue weighted by molar-refractivity contribution is 5.69. The van der Waals surface area contributed by atoms with Gasteiger partial charge in [-0.3, -0.25) is 4.79 Å². The average Bonchev–Trinajstić information content (AvgIpc) is 3.01. The number of carbonyl (C=O) groups excluding carboxylic acids is 1. The van der Waals surface area contributed by atoms with Gasteiger partial charge >= 0.3 is 5.97 Å². The minimum atomic E-state index is -0.0319. The van der Waals surface area contributed by atoms with Crippen LogP contribution in [0.4, 0.5) is 0 Å². The number of hydrogen-bond donors (Lipinski definition) is 0. The fraction of sp³-hybridized carbons (Fsp3) is 0.938. The third-order valence-electron chi connectivity index (χ3n) is 4.07. The maximum absolute atomic E-state index is 11.8. The van der Waals surface area contributed by atoms with Crippen molar-refractivity contribution in [3.8, 4) is 0 Å². The SMILES string of the molecule is CC(CC(=O)OCC1CCC2OC2C1)CC(C)(C)C. The number of epoxide rings is 1. The first kappa shape index (κ1) is 14.8. The van der Waals surface area contributed by atoms with Gasteiger partial charge in [0.15, 0.2) is 0 Å². The van der Waals surface area contributed by atoms with E-state index in [0.29, 0.717) is 37.1 Å². The molecule has 0 bridgehead atoms. The van der Waals surface area contributed by atoms with Crippen molar-refractivity contribution in [2.75, 3.05) is 6.61 Å². The predicted octanol–water partition coefficient (Wildman–Crippen LogP) is 3.56. The van der Waals surface area contributed by atoms with Crippen molar-refractivity contribution < 1.29 is 14.3 Å². The second kappa shape index (κ2) is 5.82. The van der Waals surface area contributed by atoms with Gasteiger partial charge in [0.05, 0.1) is 18.8 Å². The van der Waals surface area contributed by atoms with Crippen LogP contribution in [0.1, 0.15) is 59.8 Å². The number of hydrogen-bond acceptors (Lipinski definition) is 3. The summed E-state index contributed by atoms with van der Waals surface area (Å²) < 4.78 is 10.9. The van der Waals surface area contributed by atoms with Gasteiger partial charge in [0, 0.05) is 6.42 Å². The molecule has 2 fully saturated rings. The summed E-state index contributed by atoms with van der Waals surface area (Å²) in [6.07, 6.45) is 5.97. The molecule has 4 unspecified atom stereocenters. The number of rotatable bonds is 5. The maximum Gasteiger partial charge on any atom is 0.306 e. The molecule has 1 heterocycles. The highest BCUT2D eigenvalue weighted by Crippen LogP contribution is 2.39. The summed E-state index contributed by atoms with van der Waals surface area (Å²) in [7, 11) is 0. The fourth-order valence-corrected chi connectivity index (χ4v) is 3.31. The Labute approximate surface area is 117 Å². The van der Waals surface area contributed by atoms with E-state index in [2.05, 4.69) is 27.7 Å². The van der Waals surface area contributed by atoms with E-state index in [1.165, 1.54) is 0 Å². The summed E-state index contributed by atoms with van der Waals surface area (Å²) >= 11 is 0. The molecule has 2 aliphatic rings. The van der Waals surface area contributed by atoms with Crippen LogP contribution >= 0.6 is 0 Å². The lowest BCUT2D eigenvalue weighted by Gasteiger charge is -2.23. The van der Waals surface area contributed by atoms with Crippen molar-refractivity contribution in [2.45, 2.75) is 72.0 Å². The van der Waals surface area contributed by atoms with Crippen LogP contribution in [0.15, 0.2) is 0 Å². The molecular weight excluding hydrogens is 240 g/mol. The van der Waals surface area contributed by atoms with E-state index in [0.717, 1.165) is 25.7 Å². The Balaban J connectivity index is 1.61. The van der Waals surface area contributed by atoms with Gasteiger partial charge in [-0.1, -0.05) is 27.7 Å². The van der Waals surface area contributed by atoms with Crippen molar-refractivity contribution in [1.82, 2.24) is 0 Å². The summed E-state index contributed by atoms with van der Waals surface area (Å²) in [5.41, 5.74) is 0.279. The van der Waals surface area contributed by atoms with Gasteiger partial charge in [0.1, 0.15) is 0 Å². The van der Waals surface area contributed by atoms with Gasteiger partial charge in [-0.25, -0.2) is 0 Å². The van der Waals surface area contributed by atoms with E-state index in [9.17, 15) is 4.79 Å². The van der Waals surface area contributed by atoms with Crippen LogP contribution in [-0.4, -0.2) is 24.8 Å². The van der Waals surface area contributed by atoms with Gasteiger partial charge in [0.25, 0.3) is 0 Å². The van der Waals surface area contributed by atoms with Crippen LogP contribution < -0.4 is 0 Å². The Kier molecular flexibility index (Phi) is 4.54. The number of ether oxygens (including phenoxy) is 2. The first-order valence-corrected chi connectivity index (χ1v) is 7.64. The molecule has 0 radical (unpaired) electrons. The summed E-state index contributed by atoms with van der Waals surface area (Å²) in [4.78, 5) is 11.8. The van der Waals surface area contributed by atoms with Gasteiger partial charge in [-0.2, -0.15) is 0 Å². The lowest BCUT2D eigenvalue weighted by atomic mass is 9.84. The lowest BCUT2D eigenvalue weighted by molar-refractivity contribution is -0.146. The molecule has 19 heavy (non-hydrogen) atoms. The number of esters is 1. The quantitative estimate of drug-likeness (QED) is 0.565. The smallest absolute Gasteiger partial charge is 0.306 e. The largest absolute Gasteiger partial charge is 0.465 e. The molecule has 3 nitrogen and oxygen atoms in total. The second-order valence-electron chi connectivity index (χ2n) is 7.65. The molecule has 4 atom stereocenters. The molecule has 0 aromatic heterocycles. The molecule has 0 N–H and O–H groups in total. The van der Waals surface area contributed by atoms with Crippen molar-refractivity contribution in [3.05, 3.63) is 0 Å². The Bertz CT molecular complexity index is 318. The Morgan fingerprint density at radius 1 is 1.32 bits per heavy atom. The molecule has 0 amide bonds. The van der Waals surface area contributed by atoms with Gasteiger partial charge in [0.2, 0.25) is 0 Å². The summed E-state index contributed by atoms with van der Waals surface area (Å²) in [5, 5.41) is 0. The van der Waals surface area contributed by atoms with Crippen molar-refractivity contribution in [3.63, 3.8) is 0 Å². The van der Waals surface area contributed by atoms with E-state index >= 15 is 0 Å². The minimum absolute atomic E-state index is 0.0319. The normalized spacial score (nSPS) is 31.5. The predicted molar refractivity (Wildman–Crippen MR) is 74.8 cm³/mol. The summed E-state index contributed by atoms with van der Waals surface area (Å²) in [6.45, 7) is 9.36. The number of carbonyl (C=O) groups is 1. The molecule has 110 valence electrons. The number of fused-ring (bicyclic) bond motifs is 1. The molecule has 2 rings (SSSR count). The van der Waals surface area contributed by atoms with Crippen LogP contribution in [0.5, 0.6) is 0 Å². The molecule has 1 aliphatic carbocycles. The Morgan fingerprint density at radius 3 is 2.68 bits per heavy atom. The topological polar surface area (TPSA) is 38.8 Å². The van der Waals surface area contributed by atoms with Crippen LogP contribution in [0.2, 0.25) is 0 Å². The molecule has 0 aromatic carbocycles. The van der Waals surface area contributed by atoms with Crippen LogP contribution in [0.3, 0.4) is 0 Å². The molecular formula is C16H28O3. The van der Waals surface area contributed by atoms with Crippen LogP contribution in [-0.2, 0) is 14.3 Å². The zero-order valence-electron chi connectivity index (χ0n) is 12.8. The van der Waals surface area contributed by atoms with Gasteiger partial charge in [-0.05, 0) is 42.9 Å². The highest BCUT2D eigenvalue weighted by Gasteiger charge is 2.43. The van der Waals surface area contributed by atoms with Crippen molar-refractivity contribution in [2.24, 2.45) is 17.3 Å². The lowest BCUT2D eigenvalue weighted by Crippen LogP contribution is -2.22. The average molecular weight is 268 g/mol. The van der Waals surface area contributed by atoms with E-state index in [-0.39, 0.29) is 11.4 Å². The maximum atomic E-state index is 11.8. The molecule has 1 aliphatic heterocycles. The monoisotopic (exact) mass is 268 g/mol. The van der Waals surface area contributed by atoms with Crippen LogP contribution in [0.25, 0.3) is 0 Å². The molecule has 1 saturated heterocycles. The van der Waals surface area contributed by atoms with Crippen LogP contribution in [0, 0.1) is 17.3 Å². The third kappa shape index (κ3) is 5.13. The first-order chi connectivity index (χ1) is 8.83. The highest BCUT2D eigenvalue weighted by atomic mass is 16.6. The van der Waals surface area contributed by atoms with E-state index in [1.807, 2.05) is 0 Å². The zero-order valence-corrected chi connectivity index (χ0v) is 12.8. The molecule has 1 saturated carbocycles. The summed E-state index contributed by atoms with van der Waals surface area (Å²) in [6, 6.07) is 0. The van der Waals surface area contributed by atoms with E-state index < -0.39 is 0 Å². The Morgan fingerprint density at radius 2 is 2.05 bits per heavy atom. The van der Waals surface area contributed by atoms with Crippen molar-refractivity contribution >= 4 is 5.97 Å². The van der Waals surface area contributed by atoms with Gasteiger partial charge in [-0.15, -0.1) is 0 Å². The first-order valence-electron chi connectivity index (χ1n) is 7.64. The van der Waals surface area contributed by atoms with E-state index in [1.54, 1.807) is 0 Å². The standard InChI is InChI=1S/C16H28O3/c1-11(9-16(2,3)4)7-15(17)18-10-12-5-6-13-14(8-12)19-13/h11-14H,5-10H2,1-4H3. The second-order valence-corrected chi connectivity index (χ2v) is 7.65. The van der Waals surface area contributed by atoms with Crippen molar-refractivity contribution in [1.29, 1.82) is 0 Å². The summed E-state index contributed by atoms with van der Waals surface area (Å²) in [5.74, 6) is 0.885. The minimum Gasteiger partial charge on any atom is -0.465 e. The third-order valence-corrected chi connectivity index (χ3v) is 4.07.